The predicted octanol–water partition coefficient (Wildman–Crippen LogP) is 2.30. The zero-order chi connectivity index (χ0) is 15.9. The van der Waals surface area contributed by atoms with Crippen molar-refractivity contribution in [2.24, 2.45) is 0 Å². The number of hydrogen-bond acceptors (Lipinski definition) is 3. The fraction of sp³-hybridized carbons (Fsp3) is 0.235. The van der Waals surface area contributed by atoms with Gasteiger partial charge in [0.15, 0.2) is 0 Å². The Labute approximate surface area is 128 Å². The lowest BCUT2D eigenvalue weighted by atomic mass is 10.2. The molecule has 2 rings (SSSR count). The lowest BCUT2D eigenvalue weighted by molar-refractivity contribution is 0.0842. The summed E-state index contributed by atoms with van der Waals surface area (Å²) in [7, 11) is 0. The van der Waals surface area contributed by atoms with Crippen molar-refractivity contribution in [1.29, 1.82) is 0 Å². The Bertz CT molecular complexity index is 645. The van der Waals surface area contributed by atoms with Crippen LogP contribution in [0.4, 0.5) is 4.39 Å². The van der Waals surface area contributed by atoms with E-state index < -0.39 is 17.8 Å². The predicted molar refractivity (Wildman–Crippen MR) is 81.4 cm³/mol. The molecule has 0 aliphatic rings. The summed E-state index contributed by atoms with van der Waals surface area (Å²) in [5.74, 6) is -0.219. The number of aliphatic hydroxyl groups is 1. The number of carbonyl (C=O) groups excluding carboxylic acids is 1. The van der Waals surface area contributed by atoms with Crippen LogP contribution in [0.2, 0.25) is 0 Å². The summed E-state index contributed by atoms with van der Waals surface area (Å²) in [6.45, 7) is 2.00. The van der Waals surface area contributed by atoms with E-state index >= 15 is 0 Å². The maximum atomic E-state index is 13.0. The lowest BCUT2D eigenvalue weighted by Gasteiger charge is -2.14. The molecule has 0 aromatic heterocycles. The molecular formula is C17H18FNO3. The van der Waals surface area contributed by atoms with E-state index in [-0.39, 0.29) is 18.7 Å². The van der Waals surface area contributed by atoms with Crippen LogP contribution >= 0.6 is 0 Å². The molecule has 2 N–H and O–H groups in total. The summed E-state index contributed by atoms with van der Waals surface area (Å²) in [6, 6.07) is 12.9. The van der Waals surface area contributed by atoms with E-state index in [9.17, 15) is 14.3 Å². The van der Waals surface area contributed by atoms with Gasteiger partial charge in [-0.15, -0.1) is 0 Å². The molecular weight excluding hydrogens is 285 g/mol. The van der Waals surface area contributed by atoms with Crippen LogP contribution in [0.3, 0.4) is 0 Å². The van der Waals surface area contributed by atoms with Gasteiger partial charge in [0.05, 0.1) is 0 Å². The Morgan fingerprint density at radius 1 is 1.27 bits per heavy atom. The number of carbonyl (C=O) groups is 1. The molecule has 0 bridgehead atoms. The van der Waals surface area contributed by atoms with Crippen molar-refractivity contribution in [2.45, 2.75) is 13.0 Å². The normalized spacial score (nSPS) is 11.8. The largest absolute Gasteiger partial charge is 0.491 e. The molecule has 22 heavy (non-hydrogen) atoms. The first kappa shape index (κ1) is 16.0. The molecule has 1 amide bonds. The van der Waals surface area contributed by atoms with Crippen LogP contribution in [-0.2, 0) is 0 Å². The van der Waals surface area contributed by atoms with Gasteiger partial charge in [-0.2, -0.15) is 0 Å². The number of halogens is 1. The third-order valence-electron chi connectivity index (χ3n) is 3.11. The average Bonchev–Trinajstić information content (AvgIpc) is 2.52. The van der Waals surface area contributed by atoms with Gasteiger partial charge in [-0.1, -0.05) is 24.3 Å². The number of rotatable bonds is 6. The SMILES string of the molecule is Cc1ccccc1OCC(O)CNC(=O)c1cccc(F)c1. The second-order valence-electron chi connectivity index (χ2n) is 4.95. The highest BCUT2D eigenvalue weighted by Crippen LogP contribution is 2.16. The van der Waals surface area contributed by atoms with E-state index in [0.717, 1.165) is 11.6 Å². The molecule has 0 spiro atoms. The smallest absolute Gasteiger partial charge is 0.251 e. The minimum absolute atomic E-state index is 0.0290. The van der Waals surface area contributed by atoms with Crippen LogP contribution in [-0.4, -0.2) is 30.3 Å². The summed E-state index contributed by atoms with van der Waals surface area (Å²) in [4.78, 5) is 11.8. The molecule has 0 saturated heterocycles. The third kappa shape index (κ3) is 4.56. The first-order valence-corrected chi connectivity index (χ1v) is 6.96. The van der Waals surface area contributed by atoms with E-state index in [0.29, 0.717) is 5.75 Å². The van der Waals surface area contributed by atoms with Crippen molar-refractivity contribution in [3.05, 3.63) is 65.5 Å². The molecule has 0 radical (unpaired) electrons. The Morgan fingerprint density at radius 2 is 2.05 bits per heavy atom. The van der Waals surface area contributed by atoms with Gasteiger partial charge in [0, 0.05) is 12.1 Å². The molecule has 4 nitrogen and oxygen atoms in total. The Hall–Kier alpha value is -2.40. The summed E-state index contributed by atoms with van der Waals surface area (Å²) in [5.41, 5.74) is 1.19. The molecule has 1 unspecified atom stereocenters. The summed E-state index contributed by atoms with van der Waals surface area (Å²) < 4.78 is 18.5. The van der Waals surface area contributed by atoms with E-state index in [1.54, 1.807) is 0 Å². The minimum Gasteiger partial charge on any atom is -0.491 e. The fourth-order valence-electron chi connectivity index (χ4n) is 1.91. The van der Waals surface area contributed by atoms with Crippen molar-refractivity contribution in [1.82, 2.24) is 5.32 Å². The van der Waals surface area contributed by atoms with Crippen LogP contribution < -0.4 is 10.1 Å². The fourth-order valence-corrected chi connectivity index (χ4v) is 1.91. The van der Waals surface area contributed by atoms with Gasteiger partial charge in [0.1, 0.15) is 24.3 Å². The van der Waals surface area contributed by atoms with E-state index in [1.807, 2.05) is 31.2 Å². The van der Waals surface area contributed by atoms with Crippen LogP contribution in [0.5, 0.6) is 5.75 Å². The summed E-state index contributed by atoms with van der Waals surface area (Å²) in [6.07, 6.45) is -0.850. The highest BCUT2D eigenvalue weighted by molar-refractivity contribution is 5.94. The highest BCUT2D eigenvalue weighted by atomic mass is 19.1. The van der Waals surface area contributed by atoms with Crippen LogP contribution in [0.15, 0.2) is 48.5 Å². The van der Waals surface area contributed by atoms with Gasteiger partial charge in [-0.05, 0) is 36.8 Å². The Kier molecular flexibility index (Phi) is 5.49. The molecule has 5 heteroatoms. The zero-order valence-electron chi connectivity index (χ0n) is 12.3. The van der Waals surface area contributed by atoms with Crippen molar-refractivity contribution in [3.63, 3.8) is 0 Å². The van der Waals surface area contributed by atoms with Gasteiger partial charge in [-0.3, -0.25) is 4.79 Å². The first-order chi connectivity index (χ1) is 10.6. The quantitative estimate of drug-likeness (QED) is 0.861. The van der Waals surface area contributed by atoms with Crippen LogP contribution in [0.25, 0.3) is 0 Å². The number of nitrogens with one attached hydrogen (secondary N) is 1. The number of para-hydroxylation sites is 1. The topological polar surface area (TPSA) is 58.6 Å². The van der Waals surface area contributed by atoms with Crippen LogP contribution in [0.1, 0.15) is 15.9 Å². The molecule has 0 heterocycles. The monoisotopic (exact) mass is 303 g/mol. The van der Waals surface area contributed by atoms with E-state index in [4.69, 9.17) is 4.74 Å². The first-order valence-electron chi connectivity index (χ1n) is 6.96. The highest BCUT2D eigenvalue weighted by Gasteiger charge is 2.10. The molecule has 0 aliphatic heterocycles. The molecule has 0 aliphatic carbocycles. The van der Waals surface area contributed by atoms with Gasteiger partial charge >= 0.3 is 0 Å². The van der Waals surface area contributed by atoms with Gasteiger partial charge in [-0.25, -0.2) is 4.39 Å². The summed E-state index contributed by atoms with van der Waals surface area (Å²) >= 11 is 0. The van der Waals surface area contributed by atoms with Crippen molar-refractivity contribution < 1.29 is 19.0 Å². The molecule has 2 aromatic carbocycles. The second-order valence-corrected chi connectivity index (χ2v) is 4.95. The molecule has 1 atom stereocenters. The van der Waals surface area contributed by atoms with Crippen molar-refractivity contribution in [3.8, 4) is 5.75 Å². The number of hydrogen-bond donors (Lipinski definition) is 2. The maximum Gasteiger partial charge on any atom is 0.251 e. The number of ether oxygens (including phenoxy) is 1. The lowest BCUT2D eigenvalue weighted by Crippen LogP contribution is -2.35. The molecule has 2 aromatic rings. The zero-order valence-corrected chi connectivity index (χ0v) is 12.3. The van der Waals surface area contributed by atoms with Gasteiger partial charge in [0.2, 0.25) is 0 Å². The molecule has 116 valence electrons. The van der Waals surface area contributed by atoms with Gasteiger partial charge < -0.3 is 15.2 Å². The number of aryl methyl sites for hydroxylation is 1. The summed E-state index contributed by atoms with van der Waals surface area (Å²) in [5, 5.41) is 12.4. The standard InChI is InChI=1S/C17H18FNO3/c1-12-5-2-3-8-16(12)22-11-15(20)10-19-17(21)13-6-4-7-14(18)9-13/h2-9,15,20H,10-11H2,1H3,(H,19,21). The third-order valence-corrected chi connectivity index (χ3v) is 3.11. The van der Waals surface area contributed by atoms with Crippen LogP contribution in [0, 0.1) is 12.7 Å². The van der Waals surface area contributed by atoms with E-state index in [1.165, 1.54) is 18.2 Å². The Morgan fingerprint density at radius 3 is 2.77 bits per heavy atom. The minimum atomic E-state index is -0.850. The average molecular weight is 303 g/mol. The number of benzene rings is 2. The molecule has 0 saturated carbocycles. The van der Waals surface area contributed by atoms with Crippen molar-refractivity contribution >= 4 is 5.91 Å². The second kappa shape index (κ2) is 7.56. The maximum absolute atomic E-state index is 13.0. The number of amides is 1. The molecule has 0 fully saturated rings. The Balaban J connectivity index is 1.79. The van der Waals surface area contributed by atoms with Crippen molar-refractivity contribution in [2.75, 3.05) is 13.2 Å². The van der Waals surface area contributed by atoms with Gasteiger partial charge in [0.25, 0.3) is 5.91 Å². The number of aliphatic hydroxyl groups excluding tert-OH is 1. The van der Waals surface area contributed by atoms with E-state index in [2.05, 4.69) is 5.32 Å².